The Balaban J connectivity index is 1.96. The minimum atomic E-state index is -3.32. The van der Waals surface area contributed by atoms with Crippen molar-refractivity contribution in [1.82, 2.24) is 0 Å². The van der Waals surface area contributed by atoms with Gasteiger partial charge in [-0.25, -0.2) is 17.2 Å². The van der Waals surface area contributed by atoms with Crippen LogP contribution >= 0.6 is 11.8 Å². The van der Waals surface area contributed by atoms with E-state index in [0.717, 1.165) is 23.9 Å². The van der Waals surface area contributed by atoms with E-state index < -0.39 is 51.1 Å². The Hall–Kier alpha value is -2.01. The first-order chi connectivity index (χ1) is 12.2. The Morgan fingerprint density at radius 2 is 2.00 bits per heavy atom. The van der Waals surface area contributed by atoms with E-state index in [0.29, 0.717) is 6.07 Å². The maximum Gasteiger partial charge on any atom is 0.303 e. The lowest BCUT2D eigenvalue weighted by atomic mass is 10.2. The highest BCUT2D eigenvalue weighted by molar-refractivity contribution is 8.16. The fourth-order valence-corrected chi connectivity index (χ4v) is 6.82. The van der Waals surface area contributed by atoms with Crippen molar-refractivity contribution in [3.05, 3.63) is 29.8 Å². The predicted molar refractivity (Wildman–Crippen MR) is 92.0 cm³/mol. The zero-order valence-electron chi connectivity index (χ0n) is 13.3. The fourth-order valence-electron chi connectivity index (χ4n) is 2.90. The Kier molecular flexibility index (Phi) is 5.02. The van der Waals surface area contributed by atoms with Crippen LogP contribution in [0.15, 0.2) is 23.2 Å². The van der Waals surface area contributed by atoms with Crippen LogP contribution in [0.1, 0.15) is 12.8 Å². The lowest BCUT2D eigenvalue weighted by Gasteiger charge is -2.24. The van der Waals surface area contributed by atoms with Gasteiger partial charge in [0.05, 0.1) is 29.7 Å². The Labute approximate surface area is 152 Å². The zero-order chi connectivity index (χ0) is 19.1. The Bertz CT molecular complexity index is 903. The van der Waals surface area contributed by atoms with Crippen molar-refractivity contribution in [1.29, 1.82) is 0 Å². The van der Waals surface area contributed by atoms with Gasteiger partial charge in [0.25, 0.3) is 0 Å². The van der Waals surface area contributed by atoms with Crippen LogP contribution < -0.4 is 4.90 Å². The number of aliphatic imine (C=N–C) groups is 1. The van der Waals surface area contributed by atoms with Crippen LogP contribution in [-0.2, 0) is 19.4 Å². The molecule has 0 aromatic heterocycles. The van der Waals surface area contributed by atoms with E-state index in [9.17, 15) is 26.8 Å². The number of carbonyl (C=O) groups excluding carboxylic acids is 1. The number of carboxylic acid groups (broad SMARTS) is 1. The number of halogens is 2. The average molecular weight is 404 g/mol. The molecular weight excluding hydrogens is 390 g/mol. The minimum Gasteiger partial charge on any atom is -0.481 e. The number of nitrogens with zero attached hydrogens (tertiary/aromatic N) is 2. The number of amides is 1. The molecule has 7 nitrogen and oxygen atoms in total. The van der Waals surface area contributed by atoms with Gasteiger partial charge in [-0.3, -0.25) is 9.59 Å². The molecule has 2 heterocycles. The van der Waals surface area contributed by atoms with E-state index in [-0.39, 0.29) is 28.8 Å². The van der Waals surface area contributed by atoms with E-state index in [1.54, 1.807) is 0 Å². The molecule has 2 aliphatic heterocycles. The number of aliphatic carboxylic acids is 1. The van der Waals surface area contributed by atoms with Gasteiger partial charge in [0.2, 0.25) is 5.91 Å². The third-order valence-electron chi connectivity index (χ3n) is 4.01. The van der Waals surface area contributed by atoms with E-state index >= 15 is 0 Å². The van der Waals surface area contributed by atoms with Crippen LogP contribution in [0.3, 0.4) is 0 Å². The summed E-state index contributed by atoms with van der Waals surface area (Å²) < 4.78 is 51.3. The molecule has 0 radical (unpaired) electrons. The molecule has 0 bridgehead atoms. The summed E-state index contributed by atoms with van der Waals surface area (Å²) in [4.78, 5) is 27.6. The number of hydrogen-bond acceptors (Lipinski definition) is 5. The lowest BCUT2D eigenvalue weighted by Crippen LogP contribution is -2.38. The van der Waals surface area contributed by atoms with Crippen molar-refractivity contribution in [2.75, 3.05) is 16.4 Å². The molecule has 2 fully saturated rings. The summed E-state index contributed by atoms with van der Waals surface area (Å²) in [5, 5.41) is 8.30. The van der Waals surface area contributed by atoms with Crippen LogP contribution in [0.2, 0.25) is 0 Å². The molecule has 0 spiro atoms. The number of fused-ring (bicyclic) bond motifs is 1. The van der Waals surface area contributed by atoms with Crippen molar-refractivity contribution in [3.8, 4) is 0 Å². The molecule has 140 valence electrons. The quantitative estimate of drug-likeness (QED) is 0.810. The van der Waals surface area contributed by atoms with Gasteiger partial charge in [-0.05, 0) is 12.1 Å². The Morgan fingerprint density at radius 1 is 1.27 bits per heavy atom. The summed E-state index contributed by atoms with van der Waals surface area (Å²) in [7, 11) is -3.32. The Morgan fingerprint density at radius 3 is 2.65 bits per heavy atom. The maximum atomic E-state index is 14.3. The topological polar surface area (TPSA) is 104 Å². The smallest absolute Gasteiger partial charge is 0.303 e. The number of carbonyl (C=O) groups is 2. The second kappa shape index (κ2) is 6.95. The van der Waals surface area contributed by atoms with Gasteiger partial charge in [0, 0.05) is 17.7 Å². The molecule has 1 aromatic rings. The molecule has 2 atom stereocenters. The first-order valence-corrected chi connectivity index (χ1v) is 10.3. The molecule has 1 aromatic carbocycles. The molecule has 0 aliphatic carbocycles. The van der Waals surface area contributed by atoms with Gasteiger partial charge in [-0.1, -0.05) is 11.8 Å². The summed E-state index contributed by atoms with van der Waals surface area (Å²) in [6, 6.07) is 2.23. The van der Waals surface area contributed by atoms with Gasteiger partial charge >= 0.3 is 5.97 Å². The lowest BCUT2D eigenvalue weighted by molar-refractivity contribution is -0.138. The van der Waals surface area contributed by atoms with E-state index in [2.05, 4.69) is 4.99 Å². The monoisotopic (exact) mass is 404 g/mol. The zero-order valence-corrected chi connectivity index (χ0v) is 14.9. The minimum absolute atomic E-state index is 0.0757. The average Bonchev–Trinajstić information content (AvgIpc) is 2.97. The summed E-state index contributed by atoms with van der Waals surface area (Å²) in [5.74, 6) is -3.91. The molecule has 1 amide bonds. The molecule has 2 saturated heterocycles. The second-order valence-electron chi connectivity index (χ2n) is 5.95. The fraction of sp³-hybridized carbons (Fsp3) is 0.400. The number of benzene rings is 1. The van der Waals surface area contributed by atoms with Crippen molar-refractivity contribution in [2.45, 2.75) is 24.1 Å². The standard InChI is InChI=1S/C15H14F2N2O5S2/c16-8-1-2-10(9(17)5-8)19-11-6-26(23,24)7-12(11)25-15(19)18-13(20)3-4-14(21)22/h1-2,5,11-12H,3-4,6-7H2,(H,21,22)/t11-,12-/m1/s1. The maximum absolute atomic E-state index is 14.3. The van der Waals surface area contributed by atoms with E-state index in [4.69, 9.17) is 5.11 Å². The summed E-state index contributed by atoms with van der Waals surface area (Å²) in [6.07, 6.45) is -0.723. The van der Waals surface area contributed by atoms with Gasteiger partial charge in [-0.15, -0.1) is 0 Å². The summed E-state index contributed by atoms with van der Waals surface area (Å²) in [6.45, 7) is 0. The van der Waals surface area contributed by atoms with Crippen LogP contribution in [0.5, 0.6) is 0 Å². The van der Waals surface area contributed by atoms with Crippen molar-refractivity contribution in [3.63, 3.8) is 0 Å². The van der Waals surface area contributed by atoms with Gasteiger partial charge in [0.15, 0.2) is 15.0 Å². The molecule has 0 saturated carbocycles. The normalized spacial score (nSPS) is 25.5. The van der Waals surface area contributed by atoms with Crippen LogP contribution in [-0.4, -0.2) is 53.4 Å². The summed E-state index contributed by atoms with van der Waals surface area (Å²) in [5.41, 5.74) is -0.0757. The third kappa shape index (κ3) is 3.88. The van der Waals surface area contributed by atoms with Crippen molar-refractivity contribution < 1.29 is 31.9 Å². The van der Waals surface area contributed by atoms with Gasteiger partial charge in [0.1, 0.15) is 11.6 Å². The number of carboxylic acids is 1. The van der Waals surface area contributed by atoms with Crippen LogP contribution in [0, 0.1) is 11.6 Å². The number of rotatable bonds is 4. The van der Waals surface area contributed by atoms with Gasteiger partial charge < -0.3 is 10.0 Å². The molecule has 0 unspecified atom stereocenters. The van der Waals surface area contributed by atoms with E-state index in [1.165, 1.54) is 4.90 Å². The first-order valence-electron chi connectivity index (χ1n) is 7.61. The van der Waals surface area contributed by atoms with Gasteiger partial charge in [-0.2, -0.15) is 4.99 Å². The second-order valence-corrected chi connectivity index (χ2v) is 9.31. The van der Waals surface area contributed by atoms with Crippen LogP contribution in [0.4, 0.5) is 14.5 Å². The number of thioether (sulfide) groups is 1. The number of sulfone groups is 1. The molecule has 26 heavy (non-hydrogen) atoms. The van der Waals surface area contributed by atoms with E-state index in [1.807, 2.05) is 0 Å². The van der Waals surface area contributed by atoms with Crippen molar-refractivity contribution in [2.24, 2.45) is 4.99 Å². The number of anilines is 1. The molecule has 2 aliphatic rings. The molecule has 11 heteroatoms. The van der Waals surface area contributed by atoms with Crippen LogP contribution in [0.25, 0.3) is 0 Å². The highest BCUT2D eigenvalue weighted by Crippen LogP contribution is 2.41. The number of hydrogen-bond donors (Lipinski definition) is 1. The third-order valence-corrected chi connectivity index (χ3v) is 7.22. The largest absolute Gasteiger partial charge is 0.481 e. The molecule has 3 rings (SSSR count). The first kappa shape index (κ1) is 18.8. The molecule has 1 N–H and O–H groups in total. The SMILES string of the molecule is O=C(O)CCC(=O)N=C1S[C@@H]2CS(=O)(=O)C[C@H]2N1c1ccc(F)cc1F. The van der Waals surface area contributed by atoms with Crippen molar-refractivity contribution >= 4 is 44.3 Å². The highest BCUT2D eigenvalue weighted by Gasteiger charge is 2.50. The predicted octanol–water partition coefficient (Wildman–Crippen LogP) is 1.43. The highest BCUT2D eigenvalue weighted by atomic mass is 32.2. The summed E-state index contributed by atoms with van der Waals surface area (Å²) >= 11 is 1.03. The number of amidine groups is 1. The molecular formula is C15H14F2N2O5S2.